The normalized spacial score (nSPS) is 14.5. The van der Waals surface area contributed by atoms with Crippen LogP contribution in [0.15, 0.2) is 28.9 Å². The van der Waals surface area contributed by atoms with Gasteiger partial charge in [0, 0.05) is 13.1 Å². The molecule has 0 unspecified atom stereocenters. The minimum absolute atomic E-state index is 0.0259. The molecule has 0 saturated carbocycles. The van der Waals surface area contributed by atoms with Crippen LogP contribution in [0.4, 0.5) is 0 Å². The van der Waals surface area contributed by atoms with Gasteiger partial charge in [0.15, 0.2) is 23.8 Å². The summed E-state index contributed by atoms with van der Waals surface area (Å²) in [6, 6.07) is 5.58. The molecule has 1 aliphatic heterocycles. The minimum atomic E-state index is -0.329. The van der Waals surface area contributed by atoms with E-state index < -0.39 is 0 Å². The lowest BCUT2D eigenvalue weighted by Gasteiger charge is -2.17. The summed E-state index contributed by atoms with van der Waals surface area (Å²) in [4.78, 5) is 29.7. The van der Waals surface area contributed by atoms with E-state index in [1.54, 1.807) is 13.2 Å². The monoisotopic (exact) mass is 359 g/mol. The lowest BCUT2D eigenvalue weighted by Crippen LogP contribution is -2.37. The molecule has 0 bridgehead atoms. The van der Waals surface area contributed by atoms with Crippen LogP contribution in [0.1, 0.15) is 28.4 Å². The van der Waals surface area contributed by atoms with Crippen LogP contribution in [0.5, 0.6) is 11.5 Å². The number of nitrogens with zero attached hydrogens (tertiary/aromatic N) is 2. The number of aryl methyl sites for hydroxylation is 1. The number of carbonyl (C=O) groups excluding carboxylic acids is 2. The minimum Gasteiger partial charge on any atom is -0.493 e. The van der Waals surface area contributed by atoms with Gasteiger partial charge >= 0.3 is 0 Å². The van der Waals surface area contributed by atoms with E-state index in [-0.39, 0.29) is 36.6 Å². The first-order chi connectivity index (χ1) is 12.6. The second kappa shape index (κ2) is 7.90. The van der Waals surface area contributed by atoms with E-state index in [1.807, 2.05) is 19.1 Å². The molecule has 2 heterocycles. The average Bonchev–Trinajstić information content (AvgIpc) is 3.00. The average molecular weight is 359 g/mol. The molecule has 3 rings (SSSR count). The Bertz CT molecular complexity index is 802. The van der Waals surface area contributed by atoms with Crippen LogP contribution in [0, 0.1) is 6.92 Å². The number of oxazole rings is 1. The van der Waals surface area contributed by atoms with E-state index in [4.69, 9.17) is 13.9 Å². The smallest absolute Gasteiger partial charge is 0.276 e. The second-order valence-electron chi connectivity index (χ2n) is 6.00. The van der Waals surface area contributed by atoms with Crippen LogP contribution in [-0.2, 0) is 11.4 Å². The van der Waals surface area contributed by atoms with Crippen LogP contribution < -0.4 is 14.8 Å². The Labute approximate surface area is 151 Å². The van der Waals surface area contributed by atoms with Crippen LogP contribution >= 0.6 is 0 Å². The predicted octanol–water partition coefficient (Wildman–Crippen LogP) is 1.53. The van der Waals surface area contributed by atoms with Crippen LogP contribution in [-0.4, -0.2) is 48.4 Å². The van der Waals surface area contributed by atoms with Gasteiger partial charge in [-0.3, -0.25) is 9.59 Å². The fourth-order valence-corrected chi connectivity index (χ4v) is 2.65. The van der Waals surface area contributed by atoms with Gasteiger partial charge in [-0.05, 0) is 31.0 Å². The number of amides is 2. The molecule has 0 aliphatic carbocycles. The Hall–Kier alpha value is -3.03. The molecule has 1 aromatic heterocycles. The van der Waals surface area contributed by atoms with Gasteiger partial charge in [-0.2, -0.15) is 0 Å². The Balaban J connectivity index is 1.64. The van der Waals surface area contributed by atoms with Crippen molar-refractivity contribution in [2.45, 2.75) is 20.0 Å². The lowest BCUT2D eigenvalue weighted by molar-refractivity contribution is -0.121. The topological polar surface area (TPSA) is 93.9 Å². The highest BCUT2D eigenvalue weighted by Gasteiger charge is 2.23. The van der Waals surface area contributed by atoms with Crippen molar-refractivity contribution >= 4 is 11.8 Å². The maximum absolute atomic E-state index is 12.5. The molecule has 8 nitrogen and oxygen atoms in total. The largest absolute Gasteiger partial charge is 0.493 e. The lowest BCUT2D eigenvalue weighted by atomic mass is 10.2. The third-order valence-corrected chi connectivity index (χ3v) is 3.99. The molecule has 1 N–H and O–H groups in total. The second-order valence-corrected chi connectivity index (χ2v) is 6.00. The van der Waals surface area contributed by atoms with Gasteiger partial charge in [-0.25, -0.2) is 4.98 Å². The molecule has 26 heavy (non-hydrogen) atoms. The summed E-state index contributed by atoms with van der Waals surface area (Å²) in [5.74, 6) is 0.950. The Morgan fingerprint density at radius 2 is 2.23 bits per heavy atom. The number of aromatic nitrogens is 1. The number of ether oxygens (including phenoxy) is 2. The number of methoxy groups -OCH3 is 1. The first kappa shape index (κ1) is 17.8. The summed E-state index contributed by atoms with van der Waals surface area (Å²) >= 11 is 0. The number of carbonyl (C=O) groups is 2. The summed E-state index contributed by atoms with van der Waals surface area (Å²) in [5.41, 5.74) is 1.22. The van der Waals surface area contributed by atoms with E-state index in [0.717, 1.165) is 5.56 Å². The Kier molecular flexibility index (Phi) is 5.40. The standard InChI is InChI=1S/C18H21N3O5/c1-12-4-5-14(15(8-12)24-2)25-11-17-20-13(10-26-17)18(23)21-7-3-6-19-16(22)9-21/h4-5,8,10H,3,6-7,9,11H2,1-2H3,(H,19,22). The van der Waals surface area contributed by atoms with Gasteiger partial charge in [0.1, 0.15) is 6.26 Å². The molecule has 1 fully saturated rings. The maximum Gasteiger partial charge on any atom is 0.276 e. The summed E-state index contributed by atoms with van der Waals surface area (Å²) in [7, 11) is 1.57. The van der Waals surface area contributed by atoms with Crippen molar-refractivity contribution in [3.8, 4) is 11.5 Å². The number of nitrogens with one attached hydrogen (secondary N) is 1. The Morgan fingerprint density at radius 1 is 1.38 bits per heavy atom. The van der Waals surface area contributed by atoms with Gasteiger partial charge in [0.25, 0.3) is 5.91 Å². The zero-order valence-electron chi connectivity index (χ0n) is 14.8. The molecule has 2 aromatic rings. The van der Waals surface area contributed by atoms with Crippen molar-refractivity contribution in [2.75, 3.05) is 26.7 Å². The summed E-state index contributed by atoms with van der Waals surface area (Å²) in [5, 5.41) is 2.73. The zero-order chi connectivity index (χ0) is 18.5. The van der Waals surface area contributed by atoms with Crippen molar-refractivity contribution in [2.24, 2.45) is 0 Å². The molecule has 1 aromatic carbocycles. The van der Waals surface area contributed by atoms with Gasteiger partial charge in [-0.1, -0.05) is 6.07 Å². The molecule has 8 heteroatoms. The third kappa shape index (κ3) is 4.14. The first-order valence-electron chi connectivity index (χ1n) is 8.34. The van der Waals surface area contributed by atoms with E-state index in [0.29, 0.717) is 31.0 Å². The van der Waals surface area contributed by atoms with Gasteiger partial charge in [0.05, 0.1) is 13.7 Å². The van der Waals surface area contributed by atoms with E-state index in [1.165, 1.54) is 11.2 Å². The molecule has 1 saturated heterocycles. The fourth-order valence-electron chi connectivity index (χ4n) is 2.65. The van der Waals surface area contributed by atoms with Gasteiger partial charge in [-0.15, -0.1) is 0 Å². The summed E-state index contributed by atoms with van der Waals surface area (Å²) < 4.78 is 16.3. The first-order valence-corrected chi connectivity index (χ1v) is 8.34. The highest BCUT2D eigenvalue weighted by atomic mass is 16.5. The molecule has 1 aliphatic rings. The quantitative estimate of drug-likeness (QED) is 0.870. The Morgan fingerprint density at radius 3 is 3.04 bits per heavy atom. The molecule has 0 atom stereocenters. The van der Waals surface area contributed by atoms with Crippen molar-refractivity contribution < 1.29 is 23.5 Å². The summed E-state index contributed by atoms with van der Waals surface area (Å²) in [6.07, 6.45) is 1.99. The third-order valence-electron chi connectivity index (χ3n) is 3.99. The fraction of sp³-hybridized carbons (Fsp3) is 0.389. The van der Waals surface area contributed by atoms with Crippen LogP contribution in [0.25, 0.3) is 0 Å². The van der Waals surface area contributed by atoms with Crippen molar-refractivity contribution in [1.82, 2.24) is 15.2 Å². The molecule has 0 spiro atoms. The number of benzene rings is 1. The maximum atomic E-state index is 12.5. The molecule has 138 valence electrons. The van der Waals surface area contributed by atoms with Crippen LogP contribution in [0.2, 0.25) is 0 Å². The van der Waals surface area contributed by atoms with Crippen molar-refractivity contribution in [1.29, 1.82) is 0 Å². The number of hydrogen-bond donors (Lipinski definition) is 1. The zero-order valence-corrected chi connectivity index (χ0v) is 14.8. The predicted molar refractivity (Wildman–Crippen MR) is 92.1 cm³/mol. The molecular formula is C18H21N3O5. The SMILES string of the molecule is COc1cc(C)ccc1OCc1nc(C(=O)N2CCCNC(=O)C2)co1. The van der Waals surface area contributed by atoms with Gasteiger partial charge in [0.2, 0.25) is 11.8 Å². The van der Waals surface area contributed by atoms with Gasteiger partial charge < -0.3 is 24.1 Å². The van der Waals surface area contributed by atoms with E-state index in [2.05, 4.69) is 10.3 Å². The van der Waals surface area contributed by atoms with Crippen LogP contribution in [0.3, 0.4) is 0 Å². The van der Waals surface area contributed by atoms with E-state index in [9.17, 15) is 9.59 Å². The highest BCUT2D eigenvalue weighted by molar-refractivity contribution is 5.94. The summed E-state index contributed by atoms with van der Waals surface area (Å²) in [6.45, 7) is 3.11. The van der Waals surface area contributed by atoms with Crippen molar-refractivity contribution in [3.63, 3.8) is 0 Å². The molecular weight excluding hydrogens is 338 g/mol. The van der Waals surface area contributed by atoms with E-state index >= 15 is 0 Å². The number of rotatable bonds is 5. The highest BCUT2D eigenvalue weighted by Crippen LogP contribution is 2.28. The number of hydrogen-bond acceptors (Lipinski definition) is 6. The van der Waals surface area contributed by atoms with Crippen molar-refractivity contribution in [3.05, 3.63) is 41.6 Å². The molecule has 0 radical (unpaired) electrons. The molecule has 2 amide bonds.